The highest BCUT2D eigenvalue weighted by molar-refractivity contribution is 7.14. The summed E-state index contributed by atoms with van der Waals surface area (Å²) in [7, 11) is 0. The van der Waals surface area contributed by atoms with Gasteiger partial charge in [0.1, 0.15) is 4.88 Å². The zero-order valence-corrected chi connectivity index (χ0v) is 16.9. The smallest absolute Gasteiger partial charge is 0.348 e. The van der Waals surface area contributed by atoms with Crippen LogP contribution in [-0.2, 0) is 22.4 Å². The fourth-order valence-electron chi connectivity index (χ4n) is 3.33. The Morgan fingerprint density at radius 3 is 2.68 bits per heavy atom. The van der Waals surface area contributed by atoms with Gasteiger partial charge in [0.15, 0.2) is 6.61 Å². The Balaban J connectivity index is 1.64. The second-order valence-corrected chi connectivity index (χ2v) is 8.12. The second-order valence-electron chi connectivity index (χ2n) is 6.98. The molecule has 0 N–H and O–H groups in total. The molecule has 1 aromatic carbocycles. The standard InChI is InChI=1S/C22H24N2O3S/c1-16-8-10-18(11-9-16)24(13-5-12-23)21(25)15-27-22(26)20-14-17-6-3-2-4-7-19(17)28-20/h8-11,14H,2-7,13,15H2,1H3. The van der Waals surface area contributed by atoms with Gasteiger partial charge in [0.05, 0.1) is 12.5 Å². The number of carbonyl (C=O) groups excluding carboxylic acids is 2. The number of esters is 1. The summed E-state index contributed by atoms with van der Waals surface area (Å²) in [5.41, 5.74) is 3.03. The summed E-state index contributed by atoms with van der Waals surface area (Å²) in [4.78, 5) is 28.4. The minimum Gasteiger partial charge on any atom is -0.451 e. The van der Waals surface area contributed by atoms with E-state index in [1.807, 2.05) is 37.3 Å². The van der Waals surface area contributed by atoms with Crippen molar-refractivity contribution in [3.8, 4) is 6.07 Å². The third-order valence-corrected chi connectivity index (χ3v) is 6.09. The van der Waals surface area contributed by atoms with E-state index in [1.54, 1.807) is 0 Å². The van der Waals surface area contributed by atoms with E-state index in [1.165, 1.54) is 33.1 Å². The van der Waals surface area contributed by atoms with E-state index in [4.69, 9.17) is 10.00 Å². The predicted molar refractivity (Wildman–Crippen MR) is 110 cm³/mol. The van der Waals surface area contributed by atoms with Gasteiger partial charge in [0.2, 0.25) is 0 Å². The first-order valence-electron chi connectivity index (χ1n) is 9.61. The number of hydrogen-bond donors (Lipinski definition) is 0. The number of thiophene rings is 1. The van der Waals surface area contributed by atoms with Gasteiger partial charge >= 0.3 is 5.97 Å². The van der Waals surface area contributed by atoms with Gasteiger partial charge in [-0.25, -0.2) is 4.79 Å². The largest absolute Gasteiger partial charge is 0.451 e. The van der Waals surface area contributed by atoms with Crippen molar-refractivity contribution in [3.05, 3.63) is 51.2 Å². The quantitative estimate of drug-likeness (QED) is 0.535. The summed E-state index contributed by atoms with van der Waals surface area (Å²) in [5, 5.41) is 8.88. The number of anilines is 1. The van der Waals surface area contributed by atoms with Crippen LogP contribution in [0.1, 0.15) is 51.4 Å². The molecular formula is C22H24N2O3S. The monoisotopic (exact) mass is 396 g/mol. The van der Waals surface area contributed by atoms with E-state index >= 15 is 0 Å². The summed E-state index contributed by atoms with van der Waals surface area (Å²) in [6.07, 6.45) is 5.78. The molecule has 0 aliphatic heterocycles. The molecule has 1 aliphatic rings. The summed E-state index contributed by atoms with van der Waals surface area (Å²) in [5.74, 6) is -0.777. The summed E-state index contributed by atoms with van der Waals surface area (Å²) >= 11 is 1.49. The number of ether oxygens (including phenoxy) is 1. The number of benzene rings is 1. The topological polar surface area (TPSA) is 70.4 Å². The second kappa shape index (κ2) is 9.52. The Bertz CT molecular complexity index is 857. The zero-order valence-electron chi connectivity index (χ0n) is 16.1. The molecule has 0 fully saturated rings. The molecular weight excluding hydrogens is 372 g/mol. The van der Waals surface area contributed by atoms with Gasteiger partial charge in [0, 0.05) is 17.1 Å². The van der Waals surface area contributed by atoms with Crippen molar-refractivity contribution in [1.29, 1.82) is 5.26 Å². The van der Waals surface area contributed by atoms with Crippen molar-refractivity contribution in [2.24, 2.45) is 0 Å². The highest BCUT2D eigenvalue weighted by Crippen LogP contribution is 2.29. The van der Waals surface area contributed by atoms with E-state index < -0.39 is 5.97 Å². The van der Waals surface area contributed by atoms with Gasteiger partial charge in [-0.2, -0.15) is 5.26 Å². The average molecular weight is 397 g/mol. The van der Waals surface area contributed by atoms with Gasteiger partial charge in [-0.3, -0.25) is 4.79 Å². The number of carbonyl (C=O) groups is 2. The minimum atomic E-state index is -0.449. The molecule has 0 bridgehead atoms. The maximum absolute atomic E-state index is 12.7. The molecule has 0 saturated heterocycles. The van der Waals surface area contributed by atoms with Crippen molar-refractivity contribution < 1.29 is 14.3 Å². The number of nitriles is 1. The van der Waals surface area contributed by atoms with E-state index in [0.29, 0.717) is 10.6 Å². The van der Waals surface area contributed by atoms with Gasteiger partial charge in [-0.05, 0) is 56.4 Å². The van der Waals surface area contributed by atoms with Crippen molar-refractivity contribution >= 4 is 28.9 Å². The predicted octanol–water partition coefficient (Wildman–Crippen LogP) is 4.43. The lowest BCUT2D eigenvalue weighted by molar-refractivity contribution is -0.121. The van der Waals surface area contributed by atoms with Crippen LogP contribution in [0.3, 0.4) is 0 Å². The van der Waals surface area contributed by atoms with Gasteiger partial charge in [0.25, 0.3) is 5.91 Å². The Labute approximate surface area is 169 Å². The van der Waals surface area contributed by atoms with Crippen molar-refractivity contribution in [3.63, 3.8) is 0 Å². The molecule has 5 nitrogen and oxygen atoms in total. The number of hydrogen-bond acceptors (Lipinski definition) is 5. The first kappa shape index (κ1) is 20.1. The van der Waals surface area contributed by atoms with Gasteiger partial charge in [-0.15, -0.1) is 11.3 Å². The maximum atomic E-state index is 12.7. The molecule has 2 aromatic rings. The number of amides is 1. The number of fused-ring (bicyclic) bond motifs is 1. The molecule has 0 atom stereocenters. The highest BCUT2D eigenvalue weighted by Gasteiger charge is 2.21. The van der Waals surface area contributed by atoms with Crippen LogP contribution in [0.25, 0.3) is 0 Å². The third kappa shape index (κ3) is 4.99. The molecule has 0 saturated carbocycles. The average Bonchev–Trinajstić information content (AvgIpc) is 2.98. The number of aryl methyl sites for hydroxylation is 3. The van der Waals surface area contributed by atoms with E-state index in [-0.39, 0.29) is 25.5 Å². The summed E-state index contributed by atoms with van der Waals surface area (Å²) in [6, 6.07) is 11.5. The SMILES string of the molecule is Cc1ccc(N(CCC#N)C(=O)COC(=O)c2cc3c(s2)CCCCC3)cc1. The molecule has 1 aliphatic carbocycles. The first-order valence-corrected chi connectivity index (χ1v) is 10.4. The Morgan fingerprint density at radius 1 is 1.18 bits per heavy atom. The molecule has 1 aromatic heterocycles. The summed E-state index contributed by atoms with van der Waals surface area (Å²) in [6.45, 7) is 1.90. The van der Waals surface area contributed by atoms with Crippen molar-refractivity contribution in [2.75, 3.05) is 18.1 Å². The Kier molecular flexibility index (Phi) is 6.83. The van der Waals surface area contributed by atoms with Crippen LogP contribution < -0.4 is 4.90 Å². The molecule has 28 heavy (non-hydrogen) atoms. The van der Waals surface area contributed by atoms with Gasteiger partial charge in [-0.1, -0.05) is 24.1 Å². The lowest BCUT2D eigenvalue weighted by atomic mass is 10.1. The third-order valence-electron chi connectivity index (χ3n) is 4.87. The lowest BCUT2D eigenvalue weighted by Gasteiger charge is -2.21. The van der Waals surface area contributed by atoms with Crippen LogP contribution in [0.2, 0.25) is 0 Å². The van der Waals surface area contributed by atoms with Gasteiger partial charge < -0.3 is 9.64 Å². The molecule has 3 rings (SSSR count). The molecule has 6 heteroatoms. The van der Waals surface area contributed by atoms with E-state index in [2.05, 4.69) is 6.07 Å². The van der Waals surface area contributed by atoms with Crippen LogP contribution in [0.5, 0.6) is 0 Å². The normalized spacial score (nSPS) is 13.1. The molecule has 0 radical (unpaired) electrons. The molecule has 146 valence electrons. The number of nitrogens with zero attached hydrogens (tertiary/aromatic N) is 2. The van der Waals surface area contributed by atoms with Crippen molar-refractivity contribution in [1.82, 2.24) is 0 Å². The molecule has 0 unspecified atom stereocenters. The fourth-order valence-corrected chi connectivity index (χ4v) is 4.48. The Morgan fingerprint density at radius 2 is 1.93 bits per heavy atom. The lowest BCUT2D eigenvalue weighted by Crippen LogP contribution is -2.35. The van der Waals surface area contributed by atoms with Crippen LogP contribution in [-0.4, -0.2) is 25.0 Å². The van der Waals surface area contributed by atoms with E-state index in [0.717, 1.165) is 31.2 Å². The zero-order chi connectivity index (χ0) is 19.9. The number of rotatable bonds is 6. The fraction of sp³-hybridized carbons (Fsp3) is 0.409. The van der Waals surface area contributed by atoms with Crippen LogP contribution in [0, 0.1) is 18.3 Å². The first-order chi connectivity index (χ1) is 13.6. The van der Waals surface area contributed by atoms with Crippen LogP contribution >= 0.6 is 11.3 Å². The highest BCUT2D eigenvalue weighted by atomic mass is 32.1. The molecule has 1 heterocycles. The summed E-state index contributed by atoms with van der Waals surface area (Å²) < 4.78 is 5.30. The Hall–Kier alpha value is -2.65. The van der Waals surface area contributed by atoms with Crippen LogP contribution in [0.4, 0.5) is 5.69 Å². The maximum Gasteiger partial charge on any atom is 0.348 e. The van der Waals surface area contributed by atoms with Crippen LogP contribution in [0.15, 0.2) is 30.3 Å². The minimum absolute atomic E-state index is 0.213. The molecule has 0 spiro atoms. The van der Waals surface area contributed by atoms with Crippen molar-refractivity contribution in [2.45, 2.75) is 45.4 Å². The van der Waals surface area contributed by atoms with E-state index in [9.17, 15) is 9.59 Å². The molecule has 1 amide bonds.